The van der Waals surface area contributed by atoms with Gasteiger partial charge in [-0.05, 0) is 31.5 Å². The van der Waals surface area contributed by atoms with Crippen LogP contribution in [-0.4, -0.2) is 32.0 Å². The molecule has 4 rings (SSSR count). The van der Waals surface area contributed by atoms with Gasteiger partial charge in [0, 0.05) is 27.9 Å². The molecule has 0 bridgehead atoms. The summed E-state index contributed by atoms with van der Waals surface area (Å²) in [7, 11) is 1.58. The van der Waals surface area contributed by atoms with Crippen molar-refractivity contribution in [1.29, 1.82) is 0 Å². The number of benzene rings is 1. The minimum atomic E-state index is -0.431. The first-order chi connectivity index (χ1) is 14.0. The molecule has 0 saturated carbocycles. The largest absolute Gasteiger partial charge is 0.496 e. The zero-order valence-electron chi connectivity index (χ0n) is 16.0. The lowest BCUT2D eigenvalue weighted by Crippen LogP contribution is -2.11. The van der Waals surface area contributed by atoms with E-state index < -0.39 is 5.82 Å². The summed E-state index contributed by atoms with van der Waals surface area (Å²) in [5, 5.41) is 3.89. The number of pyridine rings is 1. The predicted molar refractivity (Wildman–Crippen MR) is 110 cm³/mol. The first-order valence-corrected chi connectivity index (χ1v) is 9.26. The SMILES string of the molecule is COc1c(C(C)Nc2ncnc3nc[nH]c23)cc(Cl)c(C)c1-c1cncc(F)c1. The van der Waals surface area contributed by atoms with E-state index in [0.29, 0.717) is 38.9 Å². The van der Waals surface area contributed by atoms with E-state index in [-0.39, 0.29) is 6.04 Å². The maximum absolute atomic E-state index is 13.8. The van der Waals surface area contributed by atoms with E-state index in [1.807, 2.05) is 19.9 Å². The number of aromatic amines is 1. The minimum Gasteiger partial charge on any atom is -0.496 e. The molecule has 0 amide bonds. The van der Waals surface area contributed by atoms with Gasteiger partial charge in [-0.3, -0.25) is 4.98 Å². The van der Waals surface area contributed by atoms with E-state index in [9.17, 15) is 4.39 Å². The van der Waals surface area contributed by atoms with Gasteiger partial charge in [0.2, 0.25) is 0 Å². The maximum atomic E-state index is 13.8. The summed E-state index contributed by atoms with van der Waals surface area (Å²) in [6, 6.07) is 3.02. The Kier molecular flexibility index (Phi) is 5.02. The number of aromatic nitrogens is 5. The van der Waals surface area contributed by atoms with E-state index in [0.717, 1.165) is 17.3 Å². The fourth-order valence-electron chi connectivity index (χ4n) is 3.34. The average molecular weight is 413 g/mol. The number of anilines is 1. The maximum Gasteiger partial charge on any atom is 0.182 e. The molecule has 0 radical (unpaired) electrons. The summed E-state index contributed by atoms with van der Waals surface area (Å²) in [4.78, 5) is 19.6. The number of rotatable bonds is 5. The minimum absolute atomic E-state index is 0.232. The van der Waals surface area contributed by atoms with Gasteiger partial charge in [0.25, 0.3) is 0 Å². The Morgan fingerprint density at radius 1 is 1.21 bits per heavy atom. The topological polar surface area (TPSA) is 88.6 Å². The smallest absolute Gasteiger partial charge is 0.182 e. The van der Waals surface area contributed by atoms with Gasteiger partial charge in [-0.25, -0.2) is 19.3 Å². The van der Waals surface area contributed by atoms with Crippen molar-refractivity contribution >= 4 is 28.6 Å². The molecule has 4 aromatic rings. The summed E-state index contributed by atoms with van der Waals surface area (Å²) < 4.78 is 19.5. The molecule has 0 aliphatic rings. The van der Waals surface area contributed by atoms with E-state index >= 15 is 0 Å². The van der Waals surface area contributed by atoms with Crippen LogP contribution in [0.1, 0.15) is 24.1 Å². The fraction of sp³-hybridized carbons (Fsp3) is 0.200. The fourth-order valence-corrected chi connectivity index (χ4v) is 3.55. The normalized spacial score (nSPS) is 12.2. The van der Waals surface area contributed by atoms with Gasteiger partial charge in [0.15, 0.2) is 11.5 Å². The van der Waals surface area contributed by atoms with Gasteiger partial charge in [0.05, 0.1) is 25.7 Å². The lowest BCUT2D eigenvalue weighted by molar-refractivity contribution is 0.409. The molecule has 7 nitrogen and oxygen atoms in total. The molecule has 0 spiro atoms. The Bertz CT molecular complexity index is 1200. The predicted octanol–water partition coefficient (Wildman–Crippen LogP) is 4.70. The summed E-state index contributed by atoms with van der Waals surface area (Å²) in [6.07, 6.45) is 5.76. The molecule has 0 saturated heterocycles. The Labute approximate surface area is 171 Å². The summed E-state index contributed by atoms with van der Waals surface area (Å²) in [5.41, 5.74) is 4.14. The first-order valence-electron chi connectivity index (χ1n) is 8.88. The van der Waals surface area contributed by atoms with E-state index in [4.69, 9.17) is 16.3 Å². The van der Waals surface area contributed by atoms with Crippen molar-refractivity contribution in [1.82, 2.24) is 24.9 Å². The molecule has 29 heavy (non-hydrogen) atoms. The molecule has 148 valence electrons. The lowest BCUT2D eigenvalue weighted by atomic mass is 9.94. The van der Waals surface area contributed by atoms with Gasteiger partial charge < -0.3 is 15.0 Å². The zero-order valence-corrected chi connectivity index (χ0v) is 16.8. The zero-order chi connectivity index (χ0) is 20.5. The standard InChI is InChI=1S/C20H18ClFN6O/c1-10-15(21)5-14(18(29-3)16(10)12-4-13(22)7-23-6-12)11(2)28-20-17-19(25-8-24-17)26-9-27-20/h4-9,11H,1-3H3,(H2,24,25,26,27,28). The summed E-state index contributed by atoms with van der Waals surface area (Å²) in [5.74, 6) is 0.765. The lowest BCUT2D eigenvalue weighted by Gasteiger charge is -2.22. The van der Waals surface area contributed by atoms with Gasteiger partial charge in [-0.15, -0.1) is 0 Å². The van der Waals surface area contributed by atoms with E-state index in [1.165, 1.54) is 12.4 Å². The monoisotopic (exact) mass is 412 g/mol. The summed E-state index contributed by atoms with van der Waals surface area (Å²) in [6.45, 7) is 3.83. The number of ether oxygens (including phenoxy) is 1. The van der Waals surface area contributed by atoms with Crippen LogP contribution in [0, 0.1) is 12.7 Å². The molecular weight excluding hydrogens is 395 g/mol. The number of fused-ring (bicyclic) bond motifs is 1. The molecule has 1 aromatic carbocycles. The van der Waals surface area contributed by atoms with Crippen molar-refractivity contribution in [3.8, 4) is 16.9 Å². The highest BCUT2D eigenvalue weighted by Crippen LogP contribution is 2.42. The first kappa shape index (κ1) is 19.1. The molecule has 0 fully saturated rings. The van der Waals surface area contributed by atoms with Crippen LogP contribution < -0.4 is 10.1 Å². The molecule has 2 N–H and O–H groups in total. The van der Waals surface area contributed by atoms with Crippen LogP contribution in [0.4, 0.5) is 10.2 Å². The number of halogens is 2. The van der Waals surface area contributed by atoms with Crippen LogP contribution in [0.2, 0.25) is 5.02 Å². The van der Waals surface area contributed by atoms with Gasteiger partial charge in [-0.1, -0.05) is 11.6 Å². The molecule has 3 aromatic heterocycles. The molecule has 0 aliphatic heterocycles. The van der Waals surface area contributed by atoms with Crippen molar-refractivity contribution in [2.24, 2.45) is 0 Å². The molecule has 1 atom stereocenters. The number of methoxy groups -OCH3 is 1. The quantitative estimate of drug-likeness (QED) is 0.494. The van der Waals surface area contributed by atoms with Crippen LogP contribution in [0.15, 0.2) is 37.2 Å². The number of imidazole rings is 1. The highest BCUT2D eigenvalue weighted by atomic mass is 35.5. The molecule has 1 unspecified atom stereocenters. The molecular formula is C20H18ClFN6O. The molecule has 3 heterocycles. The second kappa shape index (κ2) is 7.63. The number of nitrogens with one attached hydrogen (secondary N) is 2. The highest BCUT2D eigenvalue weighted by molar-refractivity contribution is 6.32. The summed E-state index contributed by atoms with van der Waals surface area (Å²) >= 11 is 6.52. The van der Waals surface area contributed by atoms with E-state index in [1.54, 1.807) is 19.6 Å². The van der Waals surface area contributed by atoms with Crippen molar-refractivity contribution in [3.05, 3.63) is 59.1 Å². The van der Waals surface area contributed by atoms with Crippen molar-refractivity contribution in [2.75, 3.05) is 12.4 Å². The third-order valence-electron chi connectivity index (χ3n) is 4.75. The Hall–Kier alpha value is -3.26. The van der Waals surface area contributed by atoms with Crippen LogP contribution in [-0.2, 0) is 0 Å². The molecule has 0 aliphatic carbocycles. The van der Waals surface area contributed by atoms with Gasteiger partial charge in [-0.2, -0.15) is 0 Å². The Balaban J connectivity index is 1.82. The van der Waals surface area contributed by atoms with E-state index in [2.05, 4.69) is 30.2 Å². The third kappa shape index (κ3) is 3.47. The Morgan fingerprint density at radius 3 is 2.79 bits per heavy atom. The number of nitrogens with zero attached hydrogens (tertiary/aromatic N) is 4. The second-order valence-corrected chi connectivity index (χ2v) is 6.97. The number of H-pyrrole nitrogens is 1. The molecule has 9 heteroatoms. The van der Waals surface area contributed by atoms with Crippen LogP contribution in [0.25, 0.3) is 22.3 Å². The van der Waals surface area contributed by atoms with Crippen molar-refractivity contribution < 1.29 is 9.13 Å². The van der Waals surface area contributed by atoms with Crippen LogP contribution in [0.3, 0.4) is 0 Å². The third-order valence-corrected chi connectivity index (χ3v) is 5.14. The second-order valence-electron chi connectivity index (χ2n) is 6.56. The van der Waals surface area contributed by atoms with Crippen LogP contribution >= 0.6 is 11.6 Å². The van der Waals surface area contributed by atoms with Gasteiger partial charge in [0.1, 0.15) is 23.4 Å². The highest BCUT2D eigenvalue weighted by Gasteiger charge is 2.22. The van der Waals surface area contributed by atoms with Crippen LogP contribution in [0.5, 0.6) is 5.75 Å². The number of hydrogen-bond acceptors (Lipinski definition) is 6. The van der Waals surface area contributed by atoms with Crippen molar-refractivity contribution in [2.45, 2.75) is 19.9 Å². The number of hydrogen-bond donors (Lipinski definition) is 2. The average Bonchev–Trinajstić information content (AvgIpc) is 3.19. The Morgan fingerprint density at radius 2 is 2.03 bits per heavy atom. The van der Waals surface area contributed by atoms with Crippen molar-refractivity contribution in [3.63, 3.8) is 0 Å². The van der Waals surface area contributed by atoms with Gasteiger partial charge >= 0.3 is 0 Å².